The van der Waals surface area contributed by atoms with Crippen molar-refractivity contribution < 1.29 is 19.8 Å². The van der Waals surface area contributed by atoms with Crippen LogP contribution in [0.2, 0.25) is 0 Å². The lowest BCUT2D eigenvalue weighted by Gasteiger charge is -2.19. The van der Waals surface area contributed by atoms with Gasteiger partial charge >= 0.3 is 12.0 Å². The number of rotatable bonds is 5. The summed E-state index contributed by atoms with van der Waals surface area (Å²) < 4.78 is 0. The molecule has 6 nitrogen and oxygen atoms in total. The highest BCUT2D eigenvalue weighted by atomic mass is 16.4. The van der Waals surface area contributed by atoms with E-state index in [2.05, 4.69) is 5.32 Å². The first kappa shape index (κ1) is 14.8. The lowest BCUT2D eigenvalue weighted by Crippen LogP contribution is -2.42. The molecule has 104 valence electrons. The van der Waals surface area contributed by atoms with Crippen molar-refractivity contribution >= 4 is 12.0 Å². The first-order chi connectivity index (χ1) is 8.40. The third kappa shape index (κ3) is 4.52. The van der Waals surface area contributed by atoms with Crippen molar-refractivity contribution in [3.63, 3.8) is 0 Å². The fourth-order valence-electron chi connectivity index (χ4n) is 2.09. The van der Waals surface area contributed by atoms with Crippen molar-refractivity contribution in [3.8, 4) is 0 Å². The van der Waals surface area contributed by atoms with E-state index in [4.69, 9.17) is 5.11 Å². The van der Waals surface area contributed by atoms with E-state index in [1.807, 2.05) is 13.8 Å². The van der Waals surface area contributed by atoms with E-state index < -0.39 is 18.0 Å². The summed E-state index contributed by atoms with van der Waals surface area (Å²) in [6, 6.07) is -0.290. The minimum atomic E-state index is -0.884. The third-order valence-corrected chi connectivity index (χ3v) is 3.06. The topological polar surface area (TPSA) is 89.9 Å². The van der Waals surface area contributed by atoms with Crippen molar-refractivity contribution in [2.24, 2.45) is 11.8 Å². The van der Waals surface area contributed by atoms with E-state index >= 15 is 0 Å². The second kappa shape index (κ2) is 6.58. The second-order valence-corrected chi connectivity index (χ2v) is 5.24. The molecular formula is C12H22N2O4. The highest BCUT2D eigenvalue weighted by Crippen LogP contribution is 2.12. The average molecular weight is 258 g/mol. The normalized spacial score (nSPS) is 21.1. The average Bonchev–Trinajstić information content (AvgIpc) is 2.69. The molecule has 3 N–H and O–H groups in total. The molecule has 1 fully saturated rings. The Balaban J connectivity index is 2.37. The lowest BCUT2D eigenvalue weighted by atomic mass is 9.97. The maximum Gasteiger partial charge on any atom is 0.317 e. The lowest BCUT2D eigenvalue weighted by molar-refractivity contribution is -0.142. The van der Waals surface area contributed by atoms with Gasteiger partial charge in [0.15, 0.2) is 0 Å². The summed E-state index contributed by atoms with van der Waals surface area (Å²) in [4.78, 5) is 24.2. The summed E-state index contributed by atoms with van der Waals surface area (Å²) in [5.41, 5.74) is 0. The number of likely N-dealkylation sites (tertiary alicyclic amines) is 1. The van der Waals surface area contributed by atoms with Gasteiger partial charge in [-0.05, 0) is 18.8 Å². The molecule has 1 aliphatic rings. The monoisotopic (exact) mass is 258 g/mol. The van der Waals surface area contributed by atoms with E-state index in [9.17, 15) is 14.7 Å². The molecule has 1 aliphatic heterocycles. The van der Waals surface area contributed by atoms with E-state index in [1.165, 1.54) is 4.90 Å². The van der Waals surface area contributed by atoms with Gasteiger partial charge in [-0.3, -0.25) is 4.79 Å². The molecule has 0 aliphatic carbocycles. The number of nitrogens with zero attached hydrogens (tertiary/aromatic N) is 1. The molecule has 1 rings (SSSR count). The Bertz CT molecular complexity index is 306. The molecule has 0 spiro atoms. The molecule has 1 heterocycles. The largest absolute Gasteiger partial charge is 0.481 e. The summed E-state index contributed by atoms with van der Waals surface area (Å²) >= 11 is 0. The first-order valence-corrected chi connectivity index (χ1v) is 6.33. The first-order valence-electron chi connectivity index (χ1n) is 6.33. The molecule has 0 aromatic carbocycles. The van der Waals surface area contributed by atoms with Gasteiger partial charge in [-0.15, -0.1) is 0 Å². The SMILES string of the molecule is CC(C)CC(CNC(=O)N1CCC(O)C1)C(=O)O. The molecule has 0 saturated carbocycles. The molecule has 18 heavy (non-hydrogen) atoms. The van der Waals surface area contributed by atoms with Gasteiger partial charge in [0, 0.05) is 19.6 Å². The number of hydrogen-bond donors (Lipinski definition) is 3. The molecule has 2 amide bonds. The van der Waals surface area contributed by atoms with Crippen LogP contribution in [-0.2, 0) is 4.79 Å². The number of carbonyl (C=O) groups excluding carboxylic acids is 1. The molecule has 0 bridgehead atoms. The van der Waals surface area contributed by atoms with Crippen LogP contribution in [-0.4, -0.2) is 52.9 Å². The van der Waals surface area contributed by atoms with Crippen molar-refractivity contribution in [2.45, 2.75) is 32.8 Å². The zero-order chi connectivity index (χ0) is 13.7. The Morgan fingerprint density at radius 3 is 2.56 bits per heavy atom. The minimum Gasteiger partial charge on any atom is -0.481 e. The van der Waals surface area contributed by atoms with Crippen molar-refractivity contribution in [1.29, 1.82) is 0 Å². The van der Waals surface area contributed by atoms with Crippen molar-refractivity contribution in [1.82, 2.24) is 10.2 Å². The van der Waals surface area contributed by atoms with Crippen LogP contribution in [0.15, 0.2) is 0 Å². The van der Waals surface area contributed by atoms with Gasteiger partial charge in [-0.2, -0.15) is 0 Å². The number of carboxylic acids is 1. The van der Waals surface area contributed by atoms with Crippen LogP contribution < -0.4 is 5.32 Å². The maximum absolute atomic E-state index is 11.7. The highest BCUT2D eigenvalue weighted by Gasteiger charge is 2.26. The van der Waals surface area contributed by atoms with Gasteiger partial charge in [-0.25, -0.2) is 4.79 Å². The van der Waals surface area contributed by atoms with Crippen LogP contribution in [0.4, 0.5) is 4.79 Å². The summed E-state index contributed by atoms with van der Waals surface area (Å²) in [5.74, 6) is -1.16. The number of hydrogen-bond acceptors (Lipinski definition) is 3. The number of carboxylic acid groups (broad SMARTS) is 1. The number of β-amino-alcohol motifs (C(OH)–C–C–N with tert-alkyl or cyclic N) is 1. The molecule has 2 unspecified atom stereocenters. The van der Waals surface area contributed by atoms with E-state index in [0.717, 1.165) is 0 Å². The number of amides is 2. The number of nitrogens with one attached hydrogen (secondary N) is 1. The van der Waals surface area contributed by atoms with Crippen LogP contribution in [0.1, 0.15) is 26.7 Å². The smallest absolute Gasteiger partial charge is 0.317 e. The molecular weight excluding hydrogens is 236 g/mol. The quantitative estimate of drug-likeness (QED) is 0.670. The number of aliphatic carboxylic acids is 1. The second-order valence-electron chi connectivity index (χ2n) is 5.24. The Labute approximate surface area is 107 Å². The van der Waals surface area contributed by atoms with Crippen LogP contribution in [0.25, 0.3) is 0 Å². The summed E-state index contributed by atoms with van der Waals surface area (Å²) in [7, 11) is 0. The van der Waals surface area contributed by atoms with Crippen LogP contribution in [0, 0.1) is 11.8 Å². The molecule has 0 radical (unpaired) electrons. The number of urea groups is 1. The van der Waals surface area contributed by atoms with Crippen LogP contribution >= 0.6 is 0 Å². The van der Waals surface area contributed by atoms with E-state index in [-0.39, 0.29) is 18.5 Å². The molecule has 0 aromatic rings. The number of aliphatic hydroxyl groups excluding tert-OH is 1. The maximum atomic E-state index is 11.7. The third-order valence-electron chi connectivity index (χ3n) is 3.06. The number of carbonyl (C=O) groups is 2. The standard InChI is InChI=1S/C12H22N2O4/c1-8(2)5-9(11(16)17)6-13-12(18)14-4-3-10(15)7-14/h8-10,15H,3-7H2,1-2H3,(H,13,18)(H,16,17). The Morgan fingerprint density at radius 1 is 1.44 bits per heavy atom. The predicted molar refractivity (Wildman–Crippen MR) is 66.2 cm³/mol. The summed E-state index contributed by atoms with van der Waals surface area (Å²) in [5, 5.41) is 21.0. The zero-order valence-electron chi connectivity index (χ0n) is 10.9. The van der Waals surface area contributed by atoms with Gasteiger partial charge in [0.05, 0.1) is 12.0 Å². The van der Waals surface area contributed by atoms with Gasteiger partial charge in [0.2, 0.25) is 0 Å². The molecule has 2 atom stereocenters. The minimum absolute atomic E-state index is 0.138. The van der Waals surface area contributed by atoms with Crippen molar-refractivity contribution in [2.75, 3.05) is 19.6 Å². The van der Waals surface area contributed by atoms with Gasteiger partial charge < -0.3 is 20.4 Å². The fraction of sp³-hybridized carbons (Fsp3) is 0.833. The summed E-state index contributed by atoms with van der Waals surface area (Å²) in [6.45, 7) is 4.89. The van der Waals surface area contributed by atoms with Crippen LogP contribution in [0.3, 0.4) is 0 Å². The summed E-state index contributed by atoms with van der Waals surface area (Å²) in [6.07, 6.45) is 0.668. The van der Waals surface area contributed by atoms with Gasteiger partial charge in [0.1, 0.15) is 0 Å². The fourth-order valence-corrected chi connectivity index (χ4v) is 2.09. The van der Waals surface area contributed by atoms with Gasteiger partial charge in [-0.1, -0.05) is 13.8 Å². The molecule has 6 heteroatoms. The molecule has 1 saturated heterocycles. The van der Waals surface area contributed by atoms with Crippen LogP contribution in [0.5, 0.6) is 0 Å². The van der Waals surface area contributed by atoms with E-state index in [1.54, 1.807) is 0 Å². The highest BCUT2D eigenvalue weighted by molar-refractivity contribution is 5.76. The Kier molecular flexibility index (Phi) is 5.40. The zero-order valence-corrected chi connectivity index (χ0v) is 10.9. The Morgan fingerprint density at radius 2 is 2.11 bits per heavy atom. The van der Waals surface area contributed by atoms with Gasteiger partial charge in [0.25, 0.3) is 0 Å². The molecule has 0 aromatic heterocycles. The van der Waals surface area contributed by atoms with E-state index in [0.29, 0.717) is 25.9 Å². The van der Waals surface area contributed by atoms with Crippen molar-refractivity contribution in [3.05, 3.63) is 0 Å². The Hall–Kier alpha value is -1.30. The number of aliphatic hydroxyl groups is 1. The predicted octanol–water partition coefficient (Wildman–Crippen LogP) is 0.509.